The molecule has 0 fully saturated rings. The van der Waals surface area contributed by atoms with Crippen molar-refractivity contribution in [3.63, 3.8) is 0 Å². The second-order valence-electron chi connectivity index (χ2n) is 4.20. The van der Waals surface area contributed by atoms with Gasteiger partial charge in [-0.3, -0.25) is 4.68 Å². The number of aryl methyl sites for hydroxylation is 1. The van der Waals surface area contributed by atoms with Gasteiger partial charge in [0.1, 0.15) is 12.1 Å². The minimum Gasteiger partial charge on any atom is -0.492 e. The lowest BCUT2D eigenvalue weighted by atomic mass is 10.2. The van der Waals surface area contributed by atoms with Gasteiger partial charge in [-0.25, -0.2) is 4.98 Å². The van der Waals surface area contributed by atoms with Crippen LogP contribution < -0.4 is 15.8 Å². The smallest absolute Gasteiger partial charge is 0.152 e. The lowest BCUT2D eigenvalue weighted by Crippen LogP contribution is -2.07. The molecule has 2 rings (SSSR count). The topological polar surface area (TPSA) is 78.0 Å². The van der Waals surface area contributed by atoms with Crippen LogP contribution in [0, 0.1) is 0 Å². The number of rotatable bonds is 6. The highest BCUT2D eigenvalue weighted by Gasteiger charge is 2.02. The van der Waals surface area contributed by atoms with E-state index in [4.69, 9.17) is 10.5 Å². The Morgan fingerprint density at radius 2 is 2.26 bits per heavy atom. The van der Waals surface area contributed by atoms with E-state index >= 15 is 0 Å². The zero-order valence-electron chi connectivity index (χ0n) is 11.3. The SMILES string of the molecule is CCOc1cc(NCCc2ncn(C)n2)ccc1N. The molecule has 102 valence electrons. The maximum absolute atomic E-state index is 5.82. The van der Waals surface area contributed by atoms with Crippen LogP contribution >= 0.6 is 0 Å². The summed E-state index contributed by atoms with van der Waals surface area (Å²) in [7, 11) is 1.86. The summed E-state index contributed by atoms with van der Waals surface area (Å²) < 4.78 is 7.15. The number of nitrogens with zero attached hydrogens (tertiary/aromatic N) is 3. The maximum Gasteiger partial charge on any atom is 0.152 e. The van der Waals surface area contributed by atoms with Crippen LogP contribution in [0.2, 0.25) is 0 Å². The number of nitrogens with one attached hydrogen (secondary N) is 1. The Bertz CT molecular complexity index is 538. The van der Waals surface area contributed by atoms with Gasteiger partial charge in [0.15, 0.2) is 5.82 Å². The fraction of sp³-hybridized carbons (Fsp3) is 0.385. The van der Waals surface area contributed by atoms with Crippen molar-refractivity contribution in [2.75, 3.05) is 24.2 Å². The molecule has 0 atom stereocenters. The highest BCUT2D eigenvalue weighted by Crippen LogP contribution is 2.25. The average molecular weight is 261 g/mol. The second kappa shape index (κ2) is 6.08. The quantitative estimate of drug-likeness (QED) is 0.769. The summed E-state index contributed by atoms with van der Waals surface area (Å²) >= 11 is 0. The Balaban J connectivity index is 1.90. The summed E-state index contributed by atoms with van der Waals surface area (Å²) in [6.07, 6.45) is 2.47. The molecule has 0 spiro atoms. The third-order valence-electron chi connectivity index (χ3n) is 2.64. The van der Waals surface area contributed by atoms with E-state index in [0.717, 1.165) is 24.5 Å². The van der Waals surface area contributed by atoms with Crippen molar-refractivity contribution in [2.24, 2.45) is 7.05 Å². The van der Waals surface area contributed by atoms with E-state index < -0.39 is 0 Å². The van der Waals surface area contributed by atoms with E-state index in [2.05, 4.69) is 15.4 Å². The van der Waals surface area contributed by atoms with Crippen molar-refractivity contribution in [3.05, 3.63) is 30.4 Å². The normalized spacial score (nSPS) is 10.4. The molecule has 0 aliphatic heterocycles. The van der Waals surface area contributed by atoms with Crippen LogP contribution in [0.1, 0.15) is 12.7 Å². The Hall–Kier alpha value is -2.24. The minimum atomic E-state index is 0.603. The van der Waals surface area contributed by atoms with Crippen LogP contribution in [0.5, 0.6) is 5.75 Å². The van der Waals surface area contributed by atoms with Gasteiger partial charge in [-0.2, -0.15) is 5.10 Å². The second-order valence-corrected chi connectivity index (χ2v) is 4.20. The van der Waals surface area contributed by atoms with Crippen LogP contribution in [0.25, 0.3) is 0 Å². The summed E-state index contributed by atoms with van der Waals surface area (Å²) in [4.78, 5) is 4.18. The fourth-order valence-electron chi connectivity index (χ4n) is 1.74. The number of hydrogen-bond donors (Lipinski definition) is 2. The van der Waals surface area contributed by atoms with Crippen LogP contribution in [0.3, 0.4) is 0 Å². The van der Waals surface area contributed by atoms with Crippen molar-refractivity contribution in [1.29, 1.82) is 0 Å². The summed E-state index contributed by atoms with van der Waals surface area (Å²) in [5, 5.41) is 7.53. The molecule has 19 heavy (non-hydrogen) atoms. The van der Waals surface area contributed by atoms with Crippen LogP contribution in [0.15, 0.2) is 24.5 Å². The number of ether oxygens (including phenoxy) is 1. The Labute approximate surface area is 112 Å². The van der Waals surface area contributed by atoms with Crippen molar-refractivity contribution in [2.45, 2.75) is 13.3 Å². The molecule has 1 aromatic carbocycles. The molecule has 0 radical (unpaired) electrons. The number of anilines is 2. The van der Waals surface area contributed by atoms with Gasteiger partial charge < -0.3 is 15.8 Å². The van der Waals surface area contributed by atoms with E-state index in [1.54, 1.807) is 11.0 Å². The van der Waals surface area contributed by atoms with Crippen LogP contribution in [-0.2, 0) is 13.5 Å². The lowest BCUT2D eigenvalue weighted by Gasteiger charge is -2.10. The van der Waals surface area contributed by atoms with Crippen molar-refractivity contribution < 1.29 is 4.74 Å². The first-order chi connectivity index (χ1) is 9.19. The van der Waals surface area contributed by atoms with E-state index in [0.29, 0.717) is 18.0 Å². The van der Waals surface area contributed by atoms with Crippen molar-refractivity contribution >= 4 is 11.4 Å². The maximum atomic E-state index is 5.82. The summed E-state index contributed by atoms with van der Waals surface area (Å²) in [6, 6.07) is 5.68. The van der Waals surface area contributed by atoms with E-state index in [9.17, 15) is 0 Å². The van der Waals surface area contributed by atoms with Crippen LogP contribution in [-0.4, -0.2) is 27.9 Å². The Kier molecular flexibility index (Phi) is 4.22. The van der Waals surface area contributed by atoms with Crippen molar-refractivity contribution in [1.82, 2.24) is 14.8 Å². The molecule has 6 heteroatoms. The average Bonchev–Trinajstić information content (AvgIpc) is 2.79. The molecule has 0 saturated carbocycles. The Morgan fingerprint density at radius 1 is 1.42 bits per heavy atom. The zero-order valence-corrected chi connectivity index (χ0v) is 11.3. The molecule has 0 aliphatic rings. The van der Waals surface area contributed by atoms with E-state index in [-0.39, 0.29) is 0 Å². The molecule has 2 aromatic rings. The van der Waals surface area contributed by atoms with Gasteiger partial charge in [-0.15, -0.1) is 0 Å². The monoisotopic (exact) mass is 261 g/mol. The number of aromatic nitrogens is 3. The molecule has 1 heterocycles. The first kappa shape index (κ1) is 13.2. The third kappa shape index (κ3) is 3.61. The van der Waals surface area contributed by atoms with Gasteiger partial charge in [0.05, 0.1) is 12.3 Å². The van der Waals surface area contributed by atoms with Gasteiger partial charge in [0, 0.05) is 31.8 Å². The van der Waals surface area contributed by atoms with Gasteiger partial charge >= 0.3 is 0 Å². The number of benzene rings is 1. The first-order valence-corrected chi connectivity index (χ1v) is 6.29. The summed E-state index contributed by atoms with van der Waals surface area (Å²) in [5.74, 6) is 1.54. The predicted molar refractivity (Wildman–Crippen MR) is 75.2 cm³/mol. The minimum absolute atomic E-state index is 0.603. The van der Waals surface area contributed by atoms with Gasteiger partial charge in [-0.05, 0) is 19.1 Å². The van der Waals surface area contributed by atoms with Gasteiger partial charge in [-0.1, -0.05) is 0 Å². The molecule has 1 aromatic heterocycles. The number of nitrogen functional groups attached to an aromatic ring is 1. The molecular formula is C13H19N5O. The molecule has 0 aliphatic carbocycles. The Morgan fingerprint density at radius 3 is 2.95 bits per heavy atom. The number of hydrogen-bond acceptors (Lipinski definition) is 5. The largest absolute Gasteiger partial charge is 0.492 e. The molecule has 0 amide bonds. The van der Waals surface area contributed by atoms with Crippen LogP contribution in [0.4, 0.5) is 11.4 Å². The van der Waals surface area contributed by atoms with Gasteiger partial charge in [0.25, 0.3) is 0 Å². The first-order valence-electron chi connectivity index (χ1n) is 6.29. The predicted octanol–water partition coefficient (Wildman–Crippen LogP) is 1.45. The standard InChI is InChI=1S/C13H19N5O/c1-3-19-12-8-10(4-5-11(12)14)15-7-6-13-16-9-18(2)17-13/h4-5,8-9,15H,3,6-7,14H2,1-2H3. The lowest BCUT2D eigenvalue weighted by molar-refractivity contribution is 0.342. The van der Waals surface area contributed by atoms with Crippen molar-refractivity contribution in [3.8, 4) is 5.75 Å². The number of nitrogens with two attached hydrogens (primary N) is 1. The molecule has 3 N–H and O–H groups in total. The molecule has 0 bridgehead atoms. The fourth-order valence-corrected chi connectivity index (χ4v) is 1.74. The highest BCUT2D eigenvalue weighted by atomic mass is 16.5. The van der Waals surface area contributed by atoms with E-state index in [1.807, 2.05) is 32.2 Å². The van der Waals surface area contributed by atoms with E-state index in [1.165, 1.54) is 0 Å². The summed E-state index contributed by atoms with van der Waals surface area (Å²) in [6.45, 7) is 3.30. The molecular weight excluding hydrogens is 242 g/mol. The zero-order chi connectivity index (χ0) is 13.7. The van der Waals surface area contributed by atoms with Gasteiger partial charge in [0.2, 0.25) is 0 Å². The summed E-state index contributed by atoms with van der Waals surface area (Å²) in [5.41, 5.74) is 7.45. The molecule has 0 unspecified atom stereocenters. The molecule has 0 saturated heterocycles. The molecule has 6 nitrogen and oxygen atoms in total. The third-order valence-corrected chi connectivity index (χ3v) is 2.64. The highest BCUT2D eigenvalue weighted by molar-refractivity contribution is 5.61.